The first-order valence-electron chi connectivity index (χ1n) is 6.73. The Morgan fingerprint density at radius 2 is 1.90 bits per heavy atom. The van der Waals surface area contributed by atoms with Crippen LogP contribution in [0, 0.1) is 5.82 Å². The van der Waals surface area contributed by atoms with E-state index in [-0.39, 0.29) is 18.5 Å². The van der Waals surface area contributed by atoms with Gasteiger partial charge in [0.1, 0.15) is 5.82 Å². The fourth-order valence-corrected chi connectivity index (χ4v) is 1.94. The van der Waals surface area contributed by atoms with E-state index in [1.165, 1.54) is 12.1 Å². The fourth-order valence-electron chi connectivity index (χ4n) is 1.94. The van der Waals surface area contributed by atoms with Crippen molar-refractivity contribution in [1.29, 1.82) is 0 Å². The SMILES string of the molecule is COCC(C)OCC(O)CN(C)Cc1ccc(F)cc1. The molecular formula is C15H24FNO3. The highest BCUT2D eigenvalue weighted by molar-refractivity contribution is 5.15. The molecule has 0 aliphatic carbocycles. The van der Waals surface area contributed by atoms with E-state index in [1.54, 1.807) is 19.2 Å². The Morgan fingerprint density at radius 3 is 2.50 bits per heavy atom. The Labute approximate surface area is 120 Å². The maximum absolute atomic E-state index is 12.8. The van der Waals surface area contributed by atoms with Gasteiger partial charge in [0.15, 0.2) is 0 Å². The van der Waals surface area contributed by atoms with Crippen molar-refractivity contribution in [2.24, 2.45) is 0 Å². The average molecular weight is 285 g/mol. The van der Waals surface area contributed by atoms with Crippen molar-refractivity contribution >= 4 is 0 Å². The van der Waals surface area contributed by atoms with Crippen molar-refractivity contribution in [2.75, 3.05) is 33.9 Å². The normalized spacial score (nSPS) is 14.5. The predicted octanol–water partition coefficient (Wildman–Crippen LogP) is 1.67. The topological polar surface area (TPSA) is 41.9 Å². The number of aliphatic hydroxyl groups excluding tert-OH is 1. The Bertz CT molecular complexity index is 372. The summed E-state index contributed by atoms with van der Waals surface area (Å²) in [6, 6.07) is 6.37. The van der Waals surface area contributed by atoms with Crippen molar-refractivity contribution < 1.29 is 19.0 Å². The van der Waals surface area contributed by atoms with Crippen LogP contribution in [0.25, 0.3) is 0 Å². The van der Waals surface area contributed by atoms with Gasteiger partial charge in [-0.1, -0.05) is 12.1 Å². The molecule has 0 aromatic heterocycles. The lowest BCUT2D eigenvalue weighted by Crippen LogP contribution is -2.33. The third-order valence-corrected chi connectivity index (χ3v) is 2.86. The monoisotopic (exact) mass is 285 g/mol. The molecule has 0 aliphatic heterocycles. The minimum atomic E-state index is -0.556. The zero-order chi connectivity index (χ0) is 15.0. The number of methoxy groups -OCH3 is 1. The van der Waals surface area contributed by atoms with Gasteiger partial charge >= 0.3 is 0 Å². The Hall–Kier alpha value is -1.01. The number of hydrogen-bond donors (Lipinski definition) is 1. The molecule has 20 heavy (non-hydrogen) atoms. The van der Waals surface area contributed by atoms with Crippen LogP contribution >= 0.6 is 0 Å². The third kappa shape index (κ3) is 6.96. The zero-order valence-electron chi connectivity index (χ0n) is 12.4. The summed E-state index contributed by atoms with van der Waals surface area (Å²) in [6.45, 7) is 3.84. The third-order valence-electron chi connectivity index (χ3n) is 2.86. The van der Waals surface area contributed by atoms with Crippen molar-refractivity contribution in [3.8, 4) is 0 Å². The molecule has 0 aliphatic rings. The van der Waals surface area contributed by atoms with Crippen LogP contribution in [0.2, 0.25) is 0 Å². The largest absolute Gasteiger partial charge is 0.389 e. The number of halogens is 1. The number of aliphatic hydroxyl groups is 1. The van der Waals surface area contributed by atoms with Crippen LogP contribution in [-0.4, -0.2) is 56.1 Å². The van der Waals surface area contributed by atoms with Crippen molar-refractivity contribution in [1.82, 2.24) is 4.90 Å². The van der Waals surface area contributed by atoms with E-state index in [0.29, 0.717) is 19.7 Å². The van der Waals surface area contributed by atoms with Gasteiger partial charge in [-0.15, -0.1) is 0 Å². The van der Waals surface area contributed by atoms with E-state index in [1.807, 2.05) is 18.9 Å². The van der Waals surface area contributed by atoms with Gasteiger partial charge in [0, 0.05) is 20.2 Å². The Kier molecular flexibility index (Phi) is 7.69. The molecule has 0 saturated carbocycles. The standard InChI is InChI=1S/C15H24FNO3/c1-12(10-19-3)20-11-15(18)9-17(2)8-13-4-6-14(16)7-5-13/h4-7,12,15,18H,8-11H2,1-3H3. The summed E-state index contributed by atoms with van der Waals surface area (Å²) in [5, 5.41) is 9.89. The summed E-state index contributed by atoms with van der Waals surface area (Å²) in [4.78, 5) is 1.97. The maximum atomic E-state index is 12.8. The summed E-state index contributed by atoms with van der Waals surface area (Å²) in [6.07, 6.45) is -0.586. The van der Waals surface area contributed by atoms with Crippen molar-refractivity contribution in [2.45, 2.75) is 25.7 Å². The van der Waals surface area contributed by atoms with E-state index in [9.17, 15) is 9.50 Å². The van der Waals surface area contributed by atoms with Gasteiger partial charge in [-0.2, -0.15) is 0 Å². The van der Waals surface area contributed by atoms with Crippen LogP contribution in [0.3, 0.4) is 0 Å². The fraction of sp³-hybridized carbons (Fsp3) is 0.600. The Balaban J connectivity index is 2.27. The van der Waals surface area contributed by atoms with E-state index < -0.39 is 6.10 Å². The highest BCUT2D eigenvalue weighted by atomic mass is 19.1. The lowest BCUT2D eigenvalue weighted by Gasteiger charge is -2.22. The minimum absolute atomic E-state index is 0.0305. The highest BCUT2D eigenvalue weighted by Crippen LogP contribution is 2.06. The molecule has 2 atom stereocenters. The molecule has 5 heteroatoms. The maximum Gasteiger partial charge on any atom is 0.123 e. The van der Waals surface area contributed by atoms with Crippen LogP contribution in [-0.2, 0) is 16.0 Å². The summed E-state index contributed by atoms with van der Waals surface area (Å²) < 4.78 is 23.2. The van der Waals surface area contributed by atoms with Crippen LogP contribution in [0.15, 0.2) is 24.3 Å². The van der Waals surface area contributed by atoms with E-state index in [2.05, 4.69) is 0 Å². The van der Waals surface area contributed by atoms with Gasteiger partial charge in [0.25, 0.3) is 0 Å². The smallest absolute Gasteiger partial charge is 0.123 e. The molecule has 0 radical (unpaired) electrons. The van der Waals surface area contributed by atoms with Gasteiger partial charge in [-0.25, -0.2) is 4.39 Å². The van der Waals surface area contributed by atoms with Crippen LogP contribution < -0.4 is 0 Å². The second-order valence-electron chi connectivity index (χ2n) is 5.08. The highest BCUT2D eigenvalue weighted by Gasteiger charge is 2.11. The van der Waals surface area contributed by atoms with Gasteiger partial charge in [0.05, 0.1) is 25.4 Å². The predicted molar refractivity (Wildman–Crippen MR) is 76.0 cm³/mol. The number of rotatable bonds is 9. The summed E-state index contributed by atoms with van der Waals surface area (Å²) in [5.74, 6) is -0.239. The summed E-state index contributed by atoms with van der Waals surface area (Å²) in [7, 11) is 3.53. The molecule has 0 heterocycles. The lowest BCUT2D eigenvalue weighted by atomic mass is 10.2. The first kappa shape index (κ1) is 17.0. The van der Waals surface area contributed by atoms with Crippen molar-refractivity contribution in [3.05, 3.63) is 35.6 Å². The van der Waals surface area contributed by atoms with Gasteiger partial charge in [-0.3, -0.25) is 4.90 Å². The number of benzene rings is 1. The summed E-state index contributed by atoms with van der Waals surface area (Å²) in [5.41, 5.74) is 1.01. The molecule has 0 amide bonds. The molecule has 114 valence electrons. The Morgan fingerprint density at radius 1 is 1.25 bits per heavy atom. The molecule has 0 spiro atoms. The molecule has 1 N–H and O–H groups in total. The first-order chi connectivity index (χ1) is 9.51. The number of nitrogens with zero attached hydrogens (tertiary/aromatic N) is 1. The van der Waals surface area contributed by atoms with Gasteiger partial charge in [-0.05, 0) is 31.7 Å². The molecule has 1 aromatic carbocycles. The molecule has 0 fully saturated rings. The lowest BCUT2D eigenvalue weighted by molar-refractivity contribution is -0.0385. The molecule has 1 rings (SSSR count). The van der Waals surface area contributed by atoms with Gasteiger partial charge in [0.2, 0.25) is 0 Å². The van der Waals surface area contributed by atoms with Crippen molar-refractivity contribution in [3.63, 3.8) is 0 Å². The molecule has 4 nitrogen and oxygen atoms in total. The van der Waals surface area contributed by atoms with E-state index in [4.69, 9.17) is 9.47 Å². The van der Waals surface area contributed by atoms with Crippen LogP contribution in [0.5, 0.6) is 0 Å². The van der Waals surface area contributed by atoms with E-state index in [0.717, 1.165) is 5.56 Å². The van der Waals surface area contributed by atoms with Crippen LogP contribution in [0.4, 0.5) is 4.39 Å². The summed E-state index contributed by atoms with van der Waals surface area (Å²) >= 11 is 0. The molecule has 1 aromatic rings. The molecular weight excluding hydrogens is 261 g/mol. The van der Waals surface area contributed by atoms with E-state index >= 15 is 0 Å². The van der Waals surface area contributed by atoms with Crippen LogP contribution in [0.1, 0.15) is 12.5 Å². The minimum Gasteiger partial charge on any atom is -0.389 e. The first-order valence-corrected chi connectivity index (χ1v) is 6.73. The number of ether oxygens (including phenoxy) is 2. The zero-order valence-corrected chi connectivity index (χ0v) is 12.4. The second-order valence-corrected chi connectivity index (χ2v) is 5.08. The molecule has 2 unspecified atom stereocenters. The number of hydrogen-bond acceptors (Lipinski definition) is 4. The number of likely N-dealkylation sites (N-methyl/N-ethyl adjacent to an activating group) is 1. The average Bonchev–Trinajstić information content (AvgIpc) is 2.39. The second kappa shape index (κ2) is 9.02. The molecule has 0 bridgehead atoms. The molecule has 0 saturated heterocycles. The van der Waals surface area contributed by atoms with Gasteiger partial charge < -0.3 is 14.6 Å². The quantitative estimate of drug-likeness (QED) is 0.749.